The molecule has 0 aromatic heterocycles. The highest BCUT2D eigenvalue weighted by Crippen LogP contribution is 2.55. The lowest BCUT2D eigenvalue weighted by Gasteiger charge is -2.45. The molecule has 0 amide bonds. The van der Waals surface area contributed by atoms with Crippen LogP contribution < -0.4 is 10.6 Å². The lowest BCUT2D eigenvalue weighted by Crippen LogP contribution is -2.62. The highest BCUT2D eigenvalue weighted by atomic mass is 16.5. The van der Waals surface area contributed by atoms with Gasteiger partial charge in [0, 0.05) is 16.5 Å². The third-order valence-electron chi connectivity index (χ3n) is 6.54. The lowest BCUT2D eigenvalue weighted by molar-refractivity contribution is 0.0138. The van der Waals surface area contributed by atoms with Crippen molar-refractivity contribution < 1.29 is 19.4 Å². The Bertz CT molecular complexity index is 1070. The molecule has 2 heterocycles. The van der Waals surface area contributed by atoms with Gasteiger partial charge in [0.25, 0.3) is 0 Å². The molecule has 2 aromatic rings. The van der Waals surface area contributed by atoms with Crippen LogP contribution in [0, 0.1) is 5.41 Å². The van der Waals surface area contributed by atoms with Gasteiger partial charge in [-0.15, -0.1) is 0 Å². The molecule has 3 N–H and O–H groups in total. The molecule has 1 saturated heterocycles. The fourth-order valence-corrected chi connectivity index (χ4v) is 4.95. The van der Waals surface area contributed by atoms with Crippen LogP contribution in [0.15, 0.2) is 30.3 Å². The minimum absolute atomic E-state index is 0.0670. The van der Waals surface area contributed by atoms with E-state index in [1.807, 2.05) is 19.9 Å². The number of phenolic OH excluding ortho intramolecular Hbond substituents is 1. The van der Waals surface area contributed by atoms with Crippen LogP contribution in [0.1, 0.15) is 59.5 Å². The third-order valence-corrected chi connectivity index (χ3v) is 6.54. The van der Waals surface area contributed by atoms with E-state index in [4.69, 9.17) is 4.74 Å². The monoisotopic (exact) mass is 378 g/mol. The van der Waals surface area contributed by atoms with Crippen molar-refractivity contribution in [3.8, 4) is 5.75 Å². The number of benzene rings is 2. The van der Waals surface area contributed by atoms with E-state index in [1.165, 1.54) is 6.07 Å². The molecule has 0 saturated carbocycles. The van der Waals surface area contributed by atoms with Gasteiger partial charge in [0.1, 0.15) is 17.0 Å². The number of phenols is 1. The molecule has 2 aromatic carbocycles. The van der Waals surface area contributed by atoms with Crippen LogP contribution in [0.25, 0.3) is 0 Å². The fourth-order valence-electron chi connectivity index (χ4n) is 4.95. The summed E-state index contributed by atoms with van der Waals surface area (Å²) in [4.78, 5) is 26.4. The molecule has 2 aliphatic heterocycles. The molecule has 1 fully saturated rings. The first-order valence-corrected chi connectivity index (χ1v) is 9.38. The van der Waals surface area contributed by atoms with Gasteiger partial charge in [-0.1, -0.05) is 26.0 Å². The molecule has 144 valence electrons. The number of nitrogens with one attached hydrogen (secondary N) is 2. The van der Waals surface area contributed by atoms with Gasteiger partial charge in [-0.2, -0.15) is 0 Å². The van der Waals surface area contributed by atoms with Crippen LogP contribution in [0.5, 0.6) is 5.75 Å². The van der Waals surface area contributed by atoms with Crippen molar-refractivity contribution in [2.45, 2.75) is 39.0 Å². The van der Waals surface area contributed by atoms with Crippen molar-refractivity contribution in [2.24, 2.45) is 5.41 Å². The third kappa shape index (κ3) is 1.81. The fraction of sp³-hybridized carbons (Fsp3) is 0.364. The van der Waals surface area contributed by atoms with E-state index in [1.54, 1.807) is 18.2 Å². The van der Waals surface area contributed by atoms with E-state index >= 15 is 0 Å². The summed E-state index contributed by atoms with van der Waals surface area (Å²) in [6.45, 7) is 8.78. The van der Waals surface area contributed by atoms with Gasteiger partial charge in [0.2, 0.25) is 0 Å². The summed E-state index contributed by atoms with van der Waals surface area (Å²) in [5.41, 5.74) is 0.845. The Labute approximate surface area is 162 Å². The highest BCUT2D eigenvalue weighted by molar-refractivity contribution is 6.32. The number of aromatic hydroxyl groups is 1. The maximum absolute atomic E-state index is 13.3. The number of hydrogen-bond donors (Lipinski definition) is 3. The van der Waals surface area contributed by atoms with Crippen molar-refractivity contribution in [1.82, 2.24) is 0 Å². The average Bonchev–Trinajstić information content (AvgIpc) is 3.12. The molecule has 1 aliphatic carbocycles. The zero-order chi connectivity index (χ0) is 20.1. The average molecular weight is 378 g/mol. The van der Waals surface area contributed by atoms with E-state index < -0.39 is 11.3 Å². The summed E-state index contributed by atoms with van der Waals surface area (Å²) in [7, 11) is 0. The van der Waals surface area contributed by atoms with E-state index in [-0.39, 0.29) is 33.9 Å². The first-order valence-electron chi connectivity index (χ1n) is 9.38. The first-order chi connectivity index (χ1) is 13.1. The van der Waals surface area contributed by atoms with Crippen LogP contribution in [0.3, 0.4) is 0 Å². The molecule has 1 spiro atoms. The zero-order valence-electron chi connectivity index (χ0n) is 16.3. The van der Waals surface area contributed by atoms with Crippen molar-refractivity contribution in [3.63, 3.8) is 0 Å². The predicted octanol–water partition coefficient (Wildman–Crippen LogP) is 3.54. The molecular formula is C22H22N2O4. The number of anilines is 2. The van der Waals surface area contributed by atoms with Gasteiger partial charge in [-0.05, 0) is 32.0 Å². The largest absolute Gasteiger partial charge is 0.507 e. The van der Waals surface area contributed by atoms with Crippen molar-refractivity contribution in [2.75, 3.05) is 17.2 Å². The minimum atomic E-state index is -0.639. The number of hydrogen-bond acceptors (Lipinski definition) is 6. The summed E-state index contributed by atoms with van der Waals surface area (Å²) in [5.74, 6) is -0.780. The van der Waals surface area contributed by atoms with Gasteiger partial charge in [0.05, 0.1) is 29.1 Å². The second kappa shape index (κ2) is 4.94. The Morgan fingerprint density at radius 2 is 1.64 bits per heavy atom. The summed E-state index contributed by atoms with van der Waals surface area (Å²) >= 11 is 0. The standard InChI is InChI=1S/C22H22N2O4/c1-20(2)10-28-21(3,4)22(20)23-13-9-8-12-16(17(13)24-22)19(27)15-11(18(12)26)6-5-7-14(15)25/h5-9,23-25H,10H2,1-4H3. The predicted molar refractivity (Wildman–Crippen MR) is 105 cm³/mol. The topological polar surface area (TPSA) is 87.7 Å². The first kappa shape index (κ1) is 17.3. The summed E-state index contributed by atoms with van der Waals surface area (Å²) in [6.07, 6.45) is 0. The Kier molecular flexibility index (Phi) is 3.05. The molecular weight excluding hydrogens is 356 g/mol. The highest BCUT2D eigenvalue weighted by Gasteiger charge is 2.64. The molecule has 3 aliphatic rings. The molecule has 0 radical (unpaired) electrons. The molecule has 5 rings (SSSR count). The quantitative estimate of drug-likeness (QED) is 0.555. The van der Waals surface area contributed by atoms with Crippen LogP contribution in [0.4, 0.5) is 11.4 Å². The number of carbonyl (C=O) groups excluding carboxylic acids is 2. The molecule has 6 nitrogen and oxygen atoms in total. The van der Waals surface area contributed by atoms with Crippen LogP contribution in [-0.2, 0) is 4.74 Å². The normalized spacial score (nSPS) is 25.7. The second-order valence-electron chi connectivity index (χ2n) is 8.95. The molecule has 1 atom stereocenters. The van der Waals surface area contributed by atoms with Gasteiger partial charge in [0.15, 0.2) is 11.6 Å². The Morgan fingerprint density at radius 1 is 0.929 bits per heavy atom. The van der Waals surface area contributed by atoms with E-state index in [2.05, 4.69) is 24.5 Å². The molecule has 6 heteroatoms. The maximum Gasteiger partial charge on any atom is 0.200 e. The zero-order valence-corrected chi connectivity index (χ0v) is 16.3. The minimum Gasteiger partial charge on any atom is -0.507 e. The summed E-state index contributed by atoms with van der Waals surface area (Å²) in [5, 5.41) is 17.3. The SMILES string of the molecule is CC1(C)COC(C)(C)C12Nc1ccc3c(c1N2)C(=O)c1c(O)cccc1C3=O. The second-order valence-corrected chi connectivity index (χ2v) is 8.95. The number of carbonyl (C=O) groups is 2. The summed E-state index contributed by atoms with van der Waals surface area (Å²) < 4.78 is 6.08. The Morgan fingerprint density at radius 3 is 2.32 bits per heavy atom. The van der Waals surface area contributed by atoms with Crippen LogP contribution in [-0.4, -0.2) is 34.5 Å². The van der Waals surface area contributed by atoms with Gasteiger partial charge in [-0.25, -0.2) is 0 Å². The number of ketones is 2. The van der Waals surface area contributed by atoms with Crippen molar-refractivity contribution >= 4 is 22.9 Å². The molecule has 1 unspecified atom stereocenters. The van der Waals surface area contributed by atoms with E-state index in [9.17, 15) is 14.7 Å². The van der Waals surface area contributed by atoms with Crippen LogP contribution >= 0.6 is 0 Å². The number of fused-ring (bicyclic) bond motifs is 4. The smallest absolute Gasteiger partial charge is 0.200 e. The number of ether oxygens (including phenoxy) is 1. The lowest BCUT2D eigenvalue weighted by atomic mass is 9.73. The Balaban J connectivity index is 1.73. The van der Waals surface area contributed by atoms with Gasteiger partial charge < -0.3 is 20.5 Å². The van der Waals surface area contributed by atoms with Crippen molar-refractivity contribution in [1.29, 1.82) is 0 Å². The van der Waals surface area contributed by atoms with E-state index in [0.29, 0.717) is 23.4 Å². The molecule has 0 bridgehead atoms. The van der Waals surface area contributed by atoms with Gasteiger partial charge >= 0.3 is 0 Å². The molecule has 28 heavy (non-hydrogen) atoms. The maximum atomic E-state index is 13.3. The van der Waals surface area contributed by atoms with Gasteiger partial charge in [-0.3, -0.25) is 9.59 Å². The Hall–Kier alpha value is -2.86. The van der Waals surface area contributed by atoms with Crippen molar-refractivity contribution in [3.05, 3.63) is 52.6 Å². The van der Waals surface area contributed by atoms with Crippen LogP contribution in [0.2, 0.25) is 0 Å². The summed E-state index contributed by atoms with van der Waals surface area (Å²) in [6, 6.07) is 8.11. The number of rotatable bonds is 0. The van der Waals surface area contributed by atoms with E-state index in [0.717, 1.165) is 5.69 Å².